The van der Waals surface area contributed by atoms with Gasteiger partial charge in [0.15, 0.2) is 6.10 Å². The van der Waals surface area contributed by atoms with E-state index >= 15 is 0 Å². The van der Waals surface area contributed by atoms with Gasteiger partial charge in [0.05, 0.1) is 13.2 Å². The maximum Gasteiger partial charge on any atom is 0.472 e. The zero-order valence-electron chi connectivity index (χ0n) is 36.7. The van der Waals surface area contributed by atoms with Crippen molar-refractivity contribution in [2.75, 3.05) is 19.8 Å². The lowest BCUT2D eigenvalue weighted by Crippen LogP contribution is -2.29. The van der Waals surface area contributed by atoms with E-state index in [1.54, 1.807) is 6.92 Å². The first-order valence-corrected chi connectivity index (χ1v) is 24.0. The quantitative estimate of drug-likeness (QED) is 0.0281. The lowest BCUT2D eigenvalue weighted by molar-refractivity contribution is -0.161. The predicted octanol–water partition coefficient (Wildman–Crippen LogP) is 14.4. The minimum absolute atomic E-state index is 0.0125. The van der Waals surface area contributed by atoms with Crippen LogP contribution in [0.4, 0.5) is 0 Å². The van der Waals surface area contributed by atoms with Gasteiger partial charge >= 0.3 is 19.8 Å². The Hall–Kier alpha value is -3.03. The molecule has 0 aromatic heterocycles. The second-order valence-corrected chi connectivity index (χ2v) is 15.8. The Balaban J connectivity index is 4.11. The molecule has 8 nitrogen and oxygen atoms in total. The summed E-state index contributed by atoms with van der Waals surface area (Å²) in [5, 5.41) is 0. The van der Waals surface area contributed by atoms with Crippen LogP contribution >= 0.6 is 7.82 Å². The predicted molar refractivity (Wildman–Crippen MR) is 244 cm³/mol. The SMILES string of the molecule is CC/C=C\C/C=C\C/C=C\C/C=C\CCCCCCCCCCCCC(=O)OC(COC(=O)CCCC/C=C\C/C=C\C/C=C\C/C=C\CC)COP(=O)(O)OCC. The van der Waals surface area contributed by atoms with Crippen LogP contribution in [0, 0.1) is 0 Å². The highest BCUT2D eigenvalue weighted by atomic mass is 31.2. The Morgan fingerprint density at radius 1 is 0.466 bits per heavy atom. The number of allylic oxidation sites excluding steroid dienone is 16. The van der Waals surface area contributed by atoms with Crippen molar-refractivity contribution in [1.29, 1.82) is 0 Å². The fourth-order valence-electron chi connectivity index (χ4n) is 5.67. The summed E-state index contributed by atoms with van der Waals surface area (Å²) in [6.07, 6.45) is 57.5. The second kappa shape index (κ2) is 43.5. The molecule has 0 heterocycles. The van der Waals surface area contributed by atoms with Crippen LogP contribution in [0.15, 0.2) is 97.2 Å². The zero-order chi connectivity index (χ0) is 42.5. The number of phosphoric acid groups is 1. The van der Waals surface area contributed by atoms with Crippen molar-refractivity contribution in [3.63, 3.8) is 0 Å². The van der Waals surface area contributed by atoms with E-state index in [0.717, 1.165) is 89.9 Å². The monoisotopic (exact) mass is 829 g/mol. The van der Waals surface area contributed by atoms with E-state index in [0.29, 0.717) is 12.8 Å². The van der Waals surface area contributed by atoms with Gasteiger partial charge in [-0.15, -0.1) is 0 Å². The van der Waals surface area contributed by atoms with Crippen molar-refractivity contribution >= 4 is 19.8 Å². The second-order valence-electron chi connectivity index (χ2n) is 14.3. The molecule has 0 rings (SSSR count). The lowest BCUT2D eigenvalue weighted by Gasteiger charge is -2.19. The Bertz CT molecular complexity index is 1260. The van der Waals surface area contributed by atoms with E-state index in [1.807, 2.05) is 0 Å². The maximum atomic E-state index is 12.6. The van der Waals surface area contributed by atoms with Gasteiger partial charge in [-0.3, -0.25) is 18.6 Å². The summed E-state index contributed by atoms with van der Waals surface area (Å²) in [7, 11) is -4.30. The van der Waals surface area contributed by atoms with Crippen LogP contribution in [0.5, 0.6) is 0 Å². The number of hydrogen-bond acceptors (Lipinski definition) is 7. The lowest BCUT2D eigenvalue weighted by atomic mass is 10.0. The highest BCUT2D eigenvalue weighted by Gasteiger charge is 2.25. The van der Waals surface area contributed by atoms with Crippen LogP contribution in [-0.2, 0) is 32.7 Å². The summed E-state index contributed by atoms with van der Waals surface area (Å²) in [6, 6.07) is 0. The Labute approximate surface area is 354 Å². The number of carbonyl (C=O) groups is 2. The highest BCUT2D eigenvalue weighted by Crippen LogP contribution is 2.43. The molecule has 0 spiro atoms. The van der Waals surface area contributed by atoms with Gasteiger partial charge in [-0.25, -0.2) is 4.57 Å². The summed E-state index contributed by atoms with van der Waals surface area (Å²) < 4.78 is 32.6. The highest BCUT2D eigenvalue weighted by molar-refractivity contribution is 7.47. The number of carbonyl (C=O) groups excluding carboxylic acids is 2. The van der Waals surface area contributed by atoms with Crippen LogP contribution in [0.25, 0.3) is 0 Å². The molecule has 0 fully saturated rings. The van der Waals surface area contributed by atoms with E-state index in [4.69, 9.17) is 18.5 Å². The molecule has 0 bridgehead atoms. The average molecular weight is 829 g/mol. The first kappa shape index (κ1) is 55.0. The molecule has 2 unspecified atom stereocenters. The molecular formula is C49H81O8P. The van der Waals surface area contributed by atoms with E-state index in [-0.39, 0.29) is 26.1 Å². The fraction of sp³-hybridized carbons (Fsp3) is 0.633. The fourth-order valence-corrected chi connectivity index (χ4v) is 6.42. The van der Waals surface area contributed by atoms with Gasteiger partial charge in [-0.1, -0.05) is 162 Å². The summed E-state index contributed by atoms with van der Waals surface area (Å²) in [4.78, 5) is 34.8. The van der Waals surface area contributed by atoms with Gasteiger partial charge in [0, 0.05) is 12.8 Å². The number of ether oxygens (including phenoxy) is 2. The Morgan fingerprint density at radius 2 is 0.828 bits per heavy atom. The standard InChI is InChI=1S/C49H81O8P/c1-4-7-9-11-13-15-17-19-21-22-23-24-25-26-27-28-30-32-34-36-38-40-42-44-49(51)57-47(46-56-58(52,53)55-6-3)45-54-48(50)43-41-39-37-35-33-31-29-20-18-16-14-12-10-8-5-2/h7-10,13-16,19-21,23-24,29,33,35,47H,4-6,11-12,17-18,22,25-28,30-32,34,36-46H2,1-3H3,(H,52,53)/b9-7-,10-8-,15-13-,16-14-,21-19-,24-23-,29-20-,35-33-. The van der Waals surface area contributed by atoms with Crippen LogP contribution < -0.4 is 0 Å². The summed E-state index contributed by atoms with van der Waals surface area (Å²) in [6.45, 7) is 5.18. The summed E-state index contributed by atoms with van der Waals surface area (Å²) in [5.74, 6) is -0.859. The summed E-state index contributed by atoms with van der Waals surface area (Å²) in [5.41, 5.74) is 0. The number of unbranched alkanes of at least 4 members (excludes halogenated alkanes) is 12. The van der Waals surface area contributed by atoms with Crippen LogP contribution in [0.3, 0.4) is 0 Å². The smallest absolute Gasteiger partial charge is 0.462 e. The topological polar surface area (TPSA) is 108 Å². The van der Waals surface area contributed by atoms with Crippen LogP contribution in [0.1, 0.15) is 175 Å². The Kier molecular flexibility index (Phi) is 41.3. The molecule has 1 N–H and O–H groups in total. The zero-order valence-corrected chi connectivity index (χ0v) is 37.6. The van der Waals surface area contributed by atoms with Gasteiger partial charge in [0.25, 0.3) is 0 Å². The first-order chi connectivity index (χ1) is 28.3. The normalized spacial score (nSPS) is 14.2. The number of rotatable bonds is 40. The molecule has 0 aromatic carbocycles. The van der Waals surface area contributed by atoms with Crippen LogP contribution in [-0.4, -0.2) is 42.8 Å². The number of phosphoric ester groups is 1. The molecule has 0 aromatic rings. The first-order valence-electron chi connectivity index (χ1n) is 22.5. The molecule has 0 radical (unpaired) electrons. The minimum Gasteiger partial charge on any atom is -0.462 e. The summed E-state index contributed by atoms with van der Waals surface area (Å²) >= 11 is 0. The van der Waals surface area contributed by atoms with Crippen molar-refractivity contribution in [3.8, 4) is 0 Å². The van der Waals surface area contributed by atoms with E-state index in [2.05, 4.69) is 111 Å². The van der Waals surface area contributed by atoms with Gasteiger partial charge in [0.1, 0.15) is 6.61 Å². The van der Waals surface area contributed by atoms with Crippen molar-refractivity contribution in [2.24, 2.45) is 0 Å². The largest absolute Gasteiger partial charge is 0.472 e. The molecule has 9 heteroatoms. The Morgan fingerprint density at radius 3 is 1.28 bits per heavy atom. The van der Waals surface area contributed by atoms with Crippen LogP contribution in [0.2, 0.25) is 0 Å². The molecule has 0 saturated heterocycles. The third kappa shape index (κ3) is 42.6. The molecule has 0 aliphatic carbocycles. The minimum atomic E-state index is -4.30. The molecule has 330 valence electrons. The third-order valence-corrected chi connectivity index (χ3v) is 9.95. The average Bonchev–Trinajstić information content (AvgIpc) is 3.20. The molecule has 0 amide bonds. The molecular weight excluding hydrogens is 748 g/mol. The van der Waals surface area contributed by atoms with Gasteiger partial charge in [0.2, 0.25) is 0 Å². The van der Waals surface area contributed by atoms with Crippen molar-refractivity contribution in [1.82, 2.24) is 0 Å². The number of esters is 2. The van der Waals surface area contributed by atoms with Gasteiger partial charge in [-0.2, -0.15) is 0 Å². The molecule has 0 aliphatic heterocycles. The molecule has 0 saturated carbocycles. The van der Waals surface area contributed by atoms with E-state index in [9.17, 15) is 19.0 Å². The van der Waals surface area contributed by atoms with E-state index in [1.165, 1.54) is 38.5 Å². The third-order valence-electron chi connectivity index (χ3n) is 8.89. The maximum absolute atomic E-state index is 12.6. The van der Waals surface area contributed by atoms with Gasteiger partial charge in [-0.05, 0) is 96.8 Å². The molecule has 2 atom stereocenters. The van der Waals surface area contributed by atoms with Crippen molar-refractivity contribution in [3.05, 3.63) is 97.2 Å². The van der Waals surface area contributed by atoms with E-state index < -0.39 is 32.5 Å². The molecule has 58 heavy (non-hydrogen) atoms. The van der Waals surface area contributed by atoms with Crippen molar-refractivity contribution in [2.45, 2.75) is 181 Å². The van der Waals surface area contributed by atoms with Crippen molar-refractivity contribution < 1.29 is 37.6 Å². The van der Waals surface area contributed by atoms with Gasteiger partial charge < -0.3 is 14.4 Å². The molecule has 0 aliphatic rings. The number of hydrogen-bond donors (Lipinski definition) is 1.